The third-order valence-electron chi connectivity index (χ3n) is 4.50. The maximum absolute atomic E-state index is 6.41. The van der Waals surface area contributed by atoms with E-state index in [0.717, 1.165) is 42.2 Å². The molecule has 2 aromatic rings. The van der Waals surface area contributed by atoms with Crippen LogP contribution in [0.25, 0.3) is 0 Å². The highest BCUT2D eigenvalue weighted by Gasteiger charge is 2.24. The molecule has 1 fully saturated rings. The third-order valence-corrected chi connectivity index (χ3v) is 5.84. The fourth-order valence-electron chi connectivity index (χ4n) is 3.18. The number of benzene rings is 2. The molecule has 122 valence electrons. The van der Waals surface area contributed by atoms with Gasteiger partial charge in [-0.15, -0.1) is 0 Å². The van der Waals surface area contributed by atoms with Crippen LogP contribution in [0.1, 0.15) is 18.1 Å². The molecule has 0 unspecified atom stereocenters. The lowest BCUT2D eigenvalue weighted by atomic mass is 10.1. The molecule has 1 atom stereocenters. The summed E-state index contributed by atoms with van der Waals surface area (Å²) in [5.74, 6) is 0. The predicted octanol–water partition coefficient (Wildman–Crippen LogP) is 4.81. The van der Waals surface area contributed by atoms with E-state index in [-0.39, 0.29) is 0 Å². The molecule has 1 aliphatic heterocycles. The zero-order valence-electron chi connectivity index (χ0n) is 13.4. The Labute approximate surface area is 152 Å². The summed E-state index contributed by atoms with van der Waals surface area (Å²) in [7, 11) is 0. The van der Waals surface area contributed by atoms with Gasteiger partial charge in [0.1, 0.15) is 0 Å². The lowest BCUT2D eigenvalue weighted by Gasteiger charge is -2.40. The quantitative estimate of drug-likeness (QED) is 0.735. The molecule has 0 spiro atoms. The van der Waals surface area contributed by atoms with E-state index in [9.17, 15) is 0 Å². The standard InChI is InChI=1S/C19H22BrClN2/c1-15-12-22(13-16-6-3-2-4-7-16)10-11-23(15)14-17-8-5-9-18(20)19(17)21/h2-9,15H,10-14H2,1H3/t15-/m1/s1. The van der Waals surface area contributed by atoms with Crippen LogP contribution in [0.5, 0.6) is 0 Å². The molecule has 1 aliphatic rings. The van der Waals surface area contributed by atoms with Gasteiger partial charge in [-0.2, -0.15) is 0 Å². The van der Waals surface area contributed by atoms with Gasteiger partial charge in [-0.3, -0.25) is 9.80 Å². The van der Waals surface area contributed by atoms with Crippen molar-refractivity contribution in [3.05, 3.63) is 69.2 Å². The lowest BCUT2D eigenvalue weighted by molar-refractivity contribution is 0.0733. The second-order valence-electron chi connectivity index (χ2n) is 6.25. The molecule has 0 aromatic heterocycles. The van der Waals surface area contributed by atoms with Gasteiger partial charge in [0.15, 0.2) is 0 Å². The summed E-state index contributed by atoms with van der Waals surface area (Å²) < 4.78 is 0.979. The van der Waals surface area contributed by atoms with Crippen molar-refractivity contribution >= 4 is 27.5 Å². The van der Waals surface area contributed by atoms with Crippen LogP contribution >= 0.6 is 27.5 Å². The van der Waals surface area contributed by atoms with Gasteiger partial charge in [0, 0.05) is 43.2 Å². The first-order valence-corrected chi connectivity index (χ1v) is 9.24. The zero-order valence-corrected chi connectivity index (χ0v) is 15.7. The summed E-state index contributed by atoms with van der Waals surface area (Å²) in [6, 6.07) is 17.4. The number of nitrogens with zero attached hydrogens (tertiary/aromatic N) is 2. The molecule has 0 saturated carbocycles. The van der Waals surface area contributed by atoms with Crippen molar-refractivity contribution in [3.63, 3.8) is 0 Å². The van der Waals surface area contributed by atoms with Gasteiger partial charge >= 0.3 is 0 Å². The molecule has 0 N–H and O–H groups in total. The molecule has 23 heavy (non-hydrogen) atoms. The minimum Gasteiger partial charge on any atom is -0.296 e. The van der Waals surface area contributed by atoms with E-state index >= 15 is 0 Å². The van der Waals surface area contributed by atoms with Gasteiger partial charge in [-0.05, 0) is 40.0 Å². The van der Waals surface area contributed by atoms with Crippen LogP contribution in [-0.4, -0.2) is 35.5 Å². The van der Waals surface area contributed by atoms with Gasteiger partial charge in [0.05, 0.1) is 5.02 Å². The Hall–Kier alpha value is -0.870. The Morgan fingerprint density at radius 3 is 2.57 bits per heavy atom. The fraction of sp³-hybridized carbons (Fsp3) is 0.368. The summed E-state index contributed by atoms with van der Waals surface area (Å²) in [6.45, 7) is 7.54. The van der Waals surface area contributed by atoms with Crippen LogP contribution in [0.3, 0.4) is 0 Å². The molecule has 0 radical (unpaired) electrons. The van der Waals surface area contributed by atoms with Gasteiger partial charge in [-0.1, -0.05) is 54.1 Å². The van der Waals surface area contributed by atoms with Gasteiger partial charge in [-0.25, -0.2) is 0 Å². The summed E-state index contributed by atoms with van der Waals surface area (Å²) in [5, 5.41) is 0.839. The highest BCUT2D eigenvalue weighted by molar-refractivity contribution is 9.10. The summed E-state index contributed by atoms with van der Waals surface area (Å²) in [6.07, 6.45) is 0. The first-order valence-electron chi connectivity index (χ1n) is 8.06. The number of piperazine rings is 1. The van der Waals surface area contributed by atoms with E-state index in [4.69, 9.17) is 11.6 Å². The highest BCUT2D eigenvalue weighted by Crippen LogP contribution is 2.28. The summed E-state index contributed by atoms with van der Waals surface area (Å²) >= 11 is 9.93. The summed E-state index contributed by atoms with van der Waals surface area (Å²) in [4.78, 5) is 5.06. The van der Waals surface area contributed by atoms with Crippen molar-refractivity contribution in [2.24, 2.45) is 0 Å². The number of hydrogen-bond acceptors (Lipinski definition) is 2. The topological polar surface area (TPSA) is 6.48 Å². The van der Waals surface area contributed by atoms with Crippen LogP contribution in [0.15, 0.2) is 53.0 Å². The molecule has 1 saturated heterocycles. The van der Waals surface area contributed by atoms with Crippen LogP contribution in [0.2, 0.25) is 5.02 Å². The van der Waals surface area contributed by atoms with E-state index in [1.54, 1.807) is 0 Å². The first-order chi connectivity index (χ1) is 11.1. The van der Waals surface area contributed by atoms with Crippen molar-refractivity contribution < 1.29 is 0 Å². The maximum Gasteiger partial charge on any atom is 0.0593 e. The molecule has 2 aromatic carbocycles. The van der Waals surface area contributed by atoms with Crippen LogP contribution in [-0.2, 0) is 13.1 Å². The Bertz CT molecular complexity index is 647. The average Bonchev–Trinajstić information content (AvgIpc) is 2.55. The monoisotopic (exact) mass is 392 g/mol. The first kappa shape index (κ1) is 17.0. The maximum atomic E-state index is 6.41. The molecule has 0 amide bonds. The predicted molar refractivity (Wildman–Crippen MR) is 101 cm³/mol. The van der Waals surface area contributed by atoms with E-state index < -0.39 is 0 Å². The van der Waals surface area contributed by atoms with Crippen LogP contribution in [0, 0.1) is 0 Å². The molecular weight excluding hydrogens is 372 g/mol. The molecule has 3 rings (SSSR count). The molecule has 1 heterocycles. The highest BCUT2D eigenvalue weighted by atomic mass is 79.9. The molecular formula is C19H22BrClN2. The number of hydrogen-bond donors (Lipinski definition) is 0. The Morgan fingerprint density at radius 2 is 1.83 bits per heavy atom. The third kappa shape index (κ3) is 4.36. The molecule has 4 heteroatoms. The second-order valence-corrected chi connectivity index (χ2v) is 7.49. The Morgan fingerprint density at radius 1 is 1.04 bits per heavy atom. The minimum atomic E-state index is 0.530. The van der Waals surface area contributed by atoms with E-state index in [1.807, 2.05) is 6.07 Å². The SMILES string of the molecule is C[C@@H]1CN(Cc2ccccc2)CCN1Cc1cccc(Br)c1Cl. The van der Waals surface area contributed by atoms with Crippen molar-refractivity contribution in [3.8, 4) is 0 Å². The largest absolute Gasteiger partial charge is 0.296 e. The second kappa shape index (κ2) is 7.80. The van der Waals surface area contributed by atoms with Crippen LogP contribution < -0.4 is 0 Å². The summed E-state index contributed by atoms with van der Waals surface area (Å²) in [5.41, 5.74) is 2.59. The molecule has 0 bridgehead atoms. The van der Waals surface area contributed by atoms with Gasteiger partial charge in [0.25, 0.3) is 0 Å². The van der Waals surface area contributed by atoms with Gasteiger partial charge in [0.2, 0.25) is 0 Å². The van der Waals surface area contributed by atoms with E-state index in [2.05, 4.69) is 75.1 Å². The normalized spacial score (nSPS) is 19.9. The van der Waals surface area contributed by atoms with Crippen molar-refractivity contribution in [2.75, 3.05) is 19.6 Å². The Kier molecular flexibility index (Phi) is 5.76. The Balaban J connectivity index is 1.59. The van der Waals surface area contributed by atoms with Gasteiger partial charge < -0.3 is 0 Å². The molecule has 0 aliphatic carbocycles. The minimum absolute atomic E-state index is 0.530. The zero-order chi connectivity index (χ0) is 16.2. The lowest BCUT2D eigenvalue weighted by Crippen LogP contribution is -2.50. The average molecular weight is 394 g/mol. The van der Waals surface area contributed by atoms with E-state index in [1.165, 1.54) is 11.1 Å². The number of rotatable bonds is 4. The molecule has 2 nitrogen and oxygen atoms in total. The van der Waals surface area contributed by atoms with Crippen molar-refractivity contribution in [1.29, 1.82) is 0 Å². The number of halogens is 2. The smallest absolute Gasteiger partial charge is 0.0593 e. The van der Waals surface area contributed by atoms with E-state index in [0.29, 0.717) is 6.04 Å². The van der Waals surface area contributed by atoms with Crippen molar-refractivity contribution in [2.45, 2.75) is 26.1 Å². The van der Waals surface area contributed by atoms with Crippen molar-refractivity contribution in [1.82, 2.24) is 9.80 Å². The van der Waals surface area contributed by atoms with Crippen LogP contribution in [0.4, 0.5) is 0 Å². The fourth-order valence-corrected chi connectivity index (χ4v) is 3.77.